The van der Waals surface area contributed by atoms with E-state index in [0.717, 1.165) is 17.7 Å². The Bertz CT molecular complexity index is 783. The van der Waals surface area contributed by atoms with Crippen LogP contribution in [0.25, 0.3) is 0 Å². The molecule has 0 bridgehead atoms. The Morgan fingerprint density at radius 1 is 1.09 bits per heavy atom. The molecule has 0 aliphatic heterocycles. The first-order chi connectivity index (χ1) is 10.7. The number of alkyl halides is 3. The third kappa shape index (κ3) is 4.63. The van der Waals surface area contributed by atoms with E-state index in [1.807, 2.05) is 30.3 Å². The Morgan fingerprint density at radius 3 is 2.35 bits per heavy atom. The van der Waals surface area contributed by atoms with Gasteiger partial charge in [-0.25, -0.2) is 13.1 Å². The second kappa shape index (κ2) is 6.81. The van der Waals surface area contributed by atoms with Gasteiger partial charge < -0.3 is 0 Å². The summed E-state index contributed by atoms with van der Waals surface area (Å²) < 4.78 is 63.0. The Labute approximate surface area is 135 Å². The Kier molecular flexibility index (Phi) is 5.23. The van der Waals surface area contributed by atoms with Crippen molar-refractivity contribution in [3.05, 3.63) is 52.9 Å². The van der Waals surface area contributed by atoms with Crippen molar-refractivity contribution in [2.45, 2.75) is 16.8 Å². The largest absolute Gasteiger partial charge is 0.455 e. The van der Waals surface area contributed by atoms with Gasteiger partial charge in [0.15, 0.2) is 0 Å². The van der Waals surface area contributed by atoms with E-state index in [0.29, 0.717) is 17.8 Å². The fourth-order valence-corrected chi connectivity index (χ4v) is 4.11. The van der Waals surface area contributed by atoms with Crippen LogP contribution in [-0.2, 0) is 16.4 Å². The molecule has 0 amide bonds. The summed E-state index contributed by atoms with van der Waals surface area (Å²) in [5, 5.41) is 0. The van der Waals surface area contributed by atoms with Gasteiger partial charge in [0.25, 0.3) is 5.78 Å². The van der Waals surface area contributed by atoms with Gasteiger partial charge in [-0.3, -0.25) is 4.79 Å². The maximum atomic E-state index is 12.3. The van der Waals surface area contributed by atoms with Gasteiger partial charge in [0.1, 0.15) is 4.21 Å². The molecule has 1 N–H and O–H groups in total. The second-order valence-electron chi connectivity index (χ2n) is 4.58. The van der Waals surface area contributed by atoms with Crippen LogP contribution in [0, 0.1) is 0 Å². The number of sulfonamides is 1. The smallest absolute Gasteiger partial charge is 0.283 e. The van der Waals surface area contributed by atoms with E-state index in [4.69, 9.17) is 0 Å². The second-order valence-corrected chi connectivity index (χ2v) is 7.66. The van der Waals surface area contributed by atoms with Crippen LogP contribution in [0.1, 0.15) is 15.2 Å². The lowest BCUT2D eigenvalue weighted by atomic mass is 10.2. The van der Waals surface area contributed by atoms with Gasteiger partial charge in [-0.15, -0.1) is 11.3 Å². The van der Waals surface area contributed by atoms with Crippen molar-refractivity contribution in [3.63, 3.8) is 0 Å². The van der Waals surface area contributed by atoms with E-state index in [9.17, 15) is 26.4 Å². The summed E-state index contributed by atoms with van der Waals surface area (Å²) in [6.45, 7) is 0.104. The molecule has 23 heavy (non-hydrogen) atoms. The molecule has 0 fully saturated rings. The number of halogens is 3. The normalized spacial score (nSPS) is 12.3. The minimum absolute atomic E-state index is 0.104. The number of rotatable bonds is 6. The van der Waals surface area contributed by atoms with Crippen LogP contribution in [0.3, 0.4) is 0 Å². The summed E-state index contributed by atoms with van der Waals surface area (Å²) in [6.07, 6.45) is -4.58. The van der Waals surface area contributed by atoms with Crippen molar-refractivity contribution in [2.75, 3.05) is 6.54 Å². The predicted octanol–water partition coefficient (Wildman–Crippen LogP) is 3.01. The molecule has 124 valence electrons. The summed E-state index contributed by atoms with van der Waals surface area (Å²) in [6, 6.07) is 11.0. The molecule has 9 heteroatoms. The highest BCUT2D eigenvalue weighted by Crippen LogP contribution is 2.28. The first-order valence-electron chi connectivity index (χ1n) is 6.45. The third-order valence-electron chi connectivity index (χ3n) is 2.88. The highest BCUT2D eigenvalue weighted by Gasteiger charge is 2.40. The van der Waals surface area contributed by atoms with Gasteiger partial charge in [0.2, 0.25) is 10.0 Å². The van der Waals surface area contributed by atoms with E-state index >= 15 is 0 Å². The van der Waals surface area contributed by atoms with Gasteiger partial charge in [0, 0.05) is 6.54 Å². The molecule has 0 atom stereocenters. The van der Waals surface area contributed by atoms with Crippen LogP contribution in [0.15, 0.2) is 46.7 Å². The van der Waals surface area contributed by atoms with Gasteiger partial charge in [-0.05, 0) is 24.1 Å². The lowest BCUT2D eigenvalue weighted by Gasteiger charge is -2.05. The summed E-state index contributed by atoms with van der Waals surface area (Å²) >= 11 is 0.301. The molecule has 0 saturated heterocycles. The highest BCUT2D eigenvalue weighted by molar-refractivity contribution is 7.91. The zero-order valence-corrected chi connectivity index (χ0v) is 13.3. The van der Waals surface area contributed by atoms with Crippen LogP contribution in [-0.4, -0.2) is 26.9 Å². The Morgan fingerprint density at radius 2 is 1.74 bits per heavy atom. The number of ketones is 1. The molecule has 4 nitrogen and oxygen atoms in total. The quantitative estimate of drug-likeness (QED) is 0.803. The van der Waals surface area contributed by atoms with E-state index < -0.39 is 26.9 Å². The number of thiophene rings is 1. The van der Waals surface area contributed by atoms with Crippen LogP contribution in [0.2, 0.25) is 0 Å². The van der Waals surface area contributed by atoms with E-state index in [1.165, 1.54) is 0 Å². The summed E-state index contributed by atoms with van der Waals surface area (Å²) in [5.41, 5.74) is 0.925. The van der Waals surface area contributed by atoms with Crippen molar-refractivity contribution in [1.29, 1.82) is 0 Å². The Balaban J connectivity index is 2.03. The van der Waals surface area contributed by atoms with E-state index in [1.54, 1.807) is 0 Å². The zero-order chi connectivity index (χ0) is 17.1. The molecular formula is C14H12F3NO3S2. The number of Topliss-reactive ketones (excluding diaryl/α,β-unsaturated/α-hetero) is 1. The van der Waals surface area contributed by atoms with Crippen molar-refractivity contribution in [1.82, 2.24) is 4.72 Å². The molecule has 0 radical (unpaired) electrons. The number of hydrogen-bond acceptors (Lipinski definition) is 4. The molecule has 0 saturated carbocycles. The average Bonchev–Trinajstić information content (AvgIpc) is 2.97. The summed E-state index contributed by atoms with van der Waals surface area (Å²) in [4.78, 5) is 10.4. The minimum Gasteiger partial charge on any atom is -0.283 e. The number of carbonyl (C=O) groups excluding carboxylic acids is 1. The molecule has 0 aliphatic rings. The first-order valence-corrected chi connectivity index (χ1v) is 8.75. The van der Waals surface area contributed by atoms with Crippen molar-refractivity contribution >= 4 is 27.1 Å². The van der Waals surface area contributed by atoms with Crippen LogP contribution < -0.4 is 4.72 Å². The topological polar surface area (TPSA) is 63.2 Å². The zero-order valence-electron chi connectivity index (χ0n) is 11.6. The van der Waals surface area contributed by atoms with Gasteiger partial charge in [-0.2, -0.15) is 13.2 Å². The molecule has 0 spiro atoms. The number of nitrogens with one attached hydrogen (secondary N) is 1. The molecule has 1 aromatic carbocycles. The van der Waals surface area contributed by atoms with E-state index in [2.05, 4.69) is 4.72 Å². The maximum Gasteiger partial charge on any atom is 0.455 e. The lowest BCUT2D eigenvalue weighted by Crippen LogP contribution is -2.25. The lowest BCUT2D eigenvalue weighted by molar-refractivity contribution is -0.0882. The molecule has 0 unspecified atom stereocenters. The number of benzene rings is 1. The third-order valence-corrected chi connectivity index (χ3v) is 5.91. The minimum atomic E-state index is -5.02. The monoisotopic (exact) mass is 363 g/mol. The molecule has 2 rings (SSSR count). The highest BCUT2D eigenvalue weighted by atomic mass is 32.2. The van der Waals surface area contributed by atoms with Gasteiger partial charge in [0.05, 0.1) is 4.88 Å². The molecule has 1 heterocycles. The average molecular weight is 363 g/mol. The molecule has 2 aromatic rings. The van der Waals surface area contributed by atoms with Gasteiger partial charge in [-0.1, -0.05) is 30.3 Å². The fraction of sp³-hybridized carbons (Fsp3) is 0.214. The number of carbonyl (C=O) groups is 1. The summed E-state index contributed by atoms with van der Waals surface area (Å²) in [5.74, 6) is -2.05. The number of hydrogen-bond donors (Lipinski definition) is 1. The SMILES string of the molecule is O=C(c1ccc(S(=O)(=O)NCCc2ccccc2)s1)C(F)(F)F. The van der Waals surface area contributed by atoms with E-state index in [-0.39, 0.29) is 10.8 Å². The first kappa shape index (κ1) is 17.6. The van der Waals surface area contributed by atoms with Crippen molar-refractivity contribution in [2.24, 2.45) is 0 Å². The van der Waals surface area contributed by atoms with Crippen LogP contribution in [0.4, 0.5) is 13.2 Å². The molecular weight excluding hydrogens is 351 g/mol. The Hall–Kier alpha value is -1.71. The van der Waals surface area contributed by atoms with Crippen molar-refractivity contribution in [3.8, 4) is 0 Å². The van der Waals surface area contributed by atoms with Gasteiger partial charge >= 0.3 is 6.18 Å². The fourth-order valence-electron chi connectivity index (χ4n) is 1.77. The standard InChI is InChI=1S/C14H12F3NO3S2/c15-14(16,17)13(19)11-6-7-12(22-11)23(20,21)18-9-8-10-4-2-1-3-5-10/h1-7,18H,8-9H2. The molecule has 0 aliphatic carbocycles. The maximum absolute atomic E-state index is 12.3. The van der Waals surface area contributed by atoms with Crippen LogP contribution >= 0.6 is 11.3 Å². The summed E-state index contributed by atoms with van der Waals surface area (Å²) in [7, 11) is -3.94. The van der Waals surface area contributed by atoms with Crippen molar-refractivity contribution < 1.29 is 26.4 Å². The molecule has 1 aromatic heterocycles. The predicted molar refractivity (Wildman–Crippen MR) is 80.0 cm³/mol. The van der Waals surface area contributed by atoms with Crippen LogP contribution in [0.5, 0.6) is 0 Å².